The number of esters is 1. The second kappa shape index (κ2) is 23.7. The van der Waals surface area contributed by atoms with Gasteiger partial charge in [0.15, 0.2) is 0 Å². The van der Waals surface area contributed by atoms with Gasteiger partial charge in [0.25, 0.3) is 0 Å². The normalized spacial score (nSPS) is 18.4. The van der Waals surface area contributed by atoms with E-state index in [4.69, 9.17) is 18.9 Å². The molecule has 1 aliphatic rings. The Balaban J connectivity index is 2.31. The fourth-order valence-electron chi connectivity index (χ4n) is 8.14. The van der Waals surface area contributed by atoms with Crippen LogP contribution in [0, 0.1) is 23.7 Å². The van der Waals surface area contributed by atoms with Crippen LogP contribution in [0.5, 0.6) is 0 Å². The molecule has 2 N–H and O–H groups in total. The SMILES string of the molecule is CCC(C)C(C(CC(=O)N1CCC[C@H]1C(OC)C(C)C(=O)NC(Cc1ccccc1)C(=O)OC)OC)N(C)C(=O)C(NC(=O)C(C(C)C)N(C)C(=O)OC(C)(C)C)C(C)C. The molecule has 1 aromatic carbocycles. The van der Waals surface area contributed by atoms with Gasteiger partial charge in [-0.2, -0.15) is 0 Å². The van der Waals surface area contributed by atoms with Crippen molar-refractivity contribution in [3.63, 3.8) is 0 Å². The highest BCUT2D eigenvalue weighted by Gasteiger charge is 2.44. The zero-order valence-corrected chi connectivity index (χ0v) is 38.9. The molecule has 8 unspecified atom stereocenters. The summed E-state index contributed by atoms with van der Waals surface area (Å²) in [6.07, 6.45) is 0.136. The number of carbonyl (C=O) groups excluding carboxylic acids is 6. The Bertz CT molecular complexity index is 1570. The Morgan fingerprint density at radius 1 is 0.850 bits per heavy atom. The van der Waals surface area contributed by atoms with Gasteiger partial charge in [-0.1, -0.05) is 85.2 Å². The number of rotatable bonds is 21. The van der Waals surface area contributed by atoms with Gasteiger partial charge >= 0.3 is 12.1 Å². The fourth-order valence-corrected chi connectivity index (χ4v) is 8.14. The van der Waals surface area contributed by atoms with Crippen molar-refractivity contribution in [1.29, 1.82) is 0 Å². The molecule has 5 amide bonds. The van der Waals surface area contributed by atoms with Gasteiger partial charge < -0.3 is 39.4 Å². The molecule has 0 spiro atoms. The maximum absolute atomic E-state index is 14.5. The molecule has 0 saturated carbocycles. The van der Waals surface area contributed by atoms with E-state index >= 15 is 0 Å². The first-order valence-corrected chi connectivity index (χ1v) is 21.3. The predicted octanol–water partition coefficient (Wildman–Crippen LogP) is 4.84. The maximum Gasteiger partial charge on any atom is 0.410 e. The predicted molar refractivity (Wildman–Crippen MR) is 230 cm³/mol. The Labute approximate surface area is 358 Å². The number of benzene rings is 1. The number of likely N-dealkylation sites (N-methyl/N-ethyl adjacent to an activating group) is 2. The van der Waals surface area contributed by atoms with Crippen molar-refractivity contribution in [2.45, 2.75) is 149 Å². The maximum atomic E-state index is 14.5. The first-order valence-electron chi connectivity index (χ1n) is 21.3. The first-order chi connectivity index (χ1) is 28.0. The summed E-state index contributed by atoms with van der Waals surface area (Å²) in [6, 6.07) is 5.59. The monoisotopic (exact) mass is 846 g/mol. The molecule has 9 atom stereocenters. The van der Waals surface area contributed by atoms with Crippen molar-refractivity contribution in [1.82, 2.24) is 25.3 Å². The molecule has 1 aromatic rings. The Morgan fingerprint density at radius 2 is 1.47 bits per heavy atom. The van der Waals surface area contributed by atoms with Gasteiger partial charge in [-0.3, -0.25) is 24.1 Å². The molecule has 15 nitrogen and oxygen atoms in total. The van der Waals surface area contributed by atoms with E-state index in [1.165, 1.54) is 33.3 Å². The summed E-state index contributed by atoms with van der Waals surface area (Å²) in [7, 11) is 7.49. The minimum Gasteiger partial charge on any atom is -0.467 e. The molecule has 0 aromatic heterocycles. The number of hydrogen-bond donors (Lipinski definition) is 2. The topological polar surface area (TPSA) is 173 Å². The summed E-state index contributed by atoms with van der Waals surface area (Å²) in [5.74, 6) is -3.45. The van der Waals surface area contributed by atoms with Crippen LogP contribution >= 0.6 is 0 Å². The fraction of sp³-hybridized carbons (Fsp3) is 0.733. The molecule has 0 radical (unpaired) electrons. The van der Waals surface area contributed by atoms with Gasteiger partial charge in [0.1, 0.15) is 23.7 Å². The lowest BCUT2D eigenvalue weighted by Gasteiger charge is -2.41. The molecule has 60 heavy (non-hydrogen) atoms. The van der Waals surface area contributed by atoms with Gasteiger partial charge in [0, 0.05) is 41.3 Å². The van der Waals surface area contributed by atoms with Crippen LogP contribution in [0.3, 0.4) is 0 Å². The molecule has 2 rings (SSSR count). The van der Waals surface area contributed by atoms with Crippen LogP contribution in [0.15, 0.2) is 30.3 Å². The third-order valence-corrected chi connectivity index (χ3v) is 11.6. The second-order valence-corrected chi connectivity index (χ2v) is 17.9. The van der Waals surface area contributed by atoms with Crippen LogP contribution in [0.4, 0.5) is 4.79 Å². The van der Waals surface area contributed by atoms with Gasteiger partial charge in [-0.15, -0.1) is 0 Å². The van der Waals surface area contributed by atoms with E-state index in [9.17, 15) is 28.8 Å². The Kier molecular flexibility index (Phi) is 20.5. The average Bonchev–Trinajstić information content (AvgIpc) is 3.68. The highest BCUT2D eigenvalue weighted by Crippen LogP contribution is 2.30. The van der Waals surface area contributed by atoms with Crippen molar-refractivity contribution in [2.75, 3.05) is 42.0 Å². The summed E-state index contributed by atoms with van der Waals surface area (Å²) in [5, 5.41) is 5.79. The van der Waals surface area contributed by atoms with Crippen molar-refractivity contribution < 1.29 is 47.7 Å². The Hall–Kier alpha value is -4.24. The van der Waals surface area contributed by atoms with E-state index < -0.39 is 77.8 Å². The number of likely N-dealkylation sites (tertiary alicyclic amines) is 1. The molecule has 1 heterocycles. The lowest BCUT2D eigenvalue weighted by Crippen LogP contribution is -2.60. The van der Waals surface area contributed by atoms with E-state index in [2.05, 4.69) is 10.6 Å². The number of methoxy groups -OCH3 is 3. The summed E-state index contributed by atoms with van der Waals surface area (Å²) >= 11 is 0. The van der Waals surface area contributed by atoms with Crippen LogP contribution < -0.4 is 10.6 Å². The number of nitrogens with one attached hydrogen (secondary N) is 2. The van der Waals surface area contributed by atoms with E-state index in [-0.39, 0.29) is 42.4 Å². The molecule has 0 aliphatic carbocycles. The Morgan fingerprint density at radius 3 is 1.97 bits per heavy atom. The zero-order valence-electron chi connectivity index (χ0n) is 38.9. The van der Waals surface area contributed by atoms with E-state index in [0.717, 1.165) is 5.56 Å². The van der Waals surface area contributed by atoms with Crippen LogP contribution in [0.1, 0.15) is 100 Å². The van der Waals surface area contributed by atoms with Crippen molar-refractivity contribution in [3.05, 3.63) is 35.9 Å². The van der Waals surface area contributed by atoms with Crippen molar-refractivity contribution in [2.24, 2.45) is 23.7 Å². The average molecular weight is 846 g/mol. The summed E-state index contributed by atoms with van der Waals surface area (Å²) < 4.78 is 22.5. The zero-order chi connectivity index (χ0) is 45.6. The number of amides is 5. The molecule has 340 valence electrons. The van der Waals surface area contributed by atoms with Crippen LogP contribution in [0.25, 0.3) is 0 Å². The second-order valence-electron chi connectivity index (χ2n) is 17.9. The third-order valence-electron chi connectivity index (χ3n) is 11.6. The van der Waals surface area contributed by atoms with Crippen molar-refractivity contribution >= 4 is 35.7 Å². The van der Waals surface area contributed by atoms with Crippen LogP contribution in [-0.4, -0.2) is 140 Å². The highest BCUT2D eigenvalue weighted by molar-refractivity contribution is 5.92. The lowest BCUT2D eigenvalue weighted by atomic mass is 9.89. The lowest BCUT2D eigenvalue weighted by molar-refractivity contribution is -0.149. The summed E-state index contributed by atoms with van der Waals surface area (Å²) in [4.78, 5) is 86.7. The van der Waals surface area contributed by atoms with Crippen molar-refractivity contribution in [3.8, 4) is 0 Å². The number of nitrogens with zero attached hydrogens (tertiary/aromatic N) is 3. The first kappa shape index (κ1) is 51.9. The quantitative estimate of drug-likeness (QED) is 0.163. The largest absolute Gasteiger partial charge is 0.467 e. The highest BCUT2D eigenvalue weighted by atomic mass is 16.6. The minimum atomic E-state index is -0.944. The molecule has 0 bridgehead atoms. The van der Waals surface area contributed by atoms with Gasteiger partial charge in [-0.25, -0.2) is 9.59 Å². The molecule has 15 heteroatoms. The molecule has 1 aliphatic heterocycles. The molecule has 1 fully saturated rings. The van der Waals surface area contributed by atoms with E-state index in [0.29, 0.717) is 25.8 Å². The molecule has 1 saturated heterocycles. The standard InChI is InChI=1S/C45H75N5O10/c1-16-29(6)38(48(11)42(54)36(27(2)3)47-41(53)37(28(4)5)49(12)44(56)60-45(8,9)10)34(57-13)26-35(51)50-24-20-23-33(50)39(58-14)30(7)40(52)46-32(43(55)59-15)25-31-21-18-17-19-22-31/h17-19,21-22,27-30,32-34,36-39H,16,20,23-26H2,1-15H3,(H,46,52)(H,47,53)/t29?,30?,32?,33-,34?,36?,37?,38?,39?/m0/s1. The smallest absolute Gasteiger partial charge is 0.410 e. The van der Waals surface area contributed by atoms with Crippen LogP contribution in [-0.2, 0) is 49.3 Å². The molecular weight excluding hydrogens is 771 g/mol. The van der Waals surface area contributed by atoms with E-state index in [1.807, 2.05) is 71.9 Å². The van der Waals surface area contributed by atoms with E-state index in [1.54, 1.807) is 44.5 Å². The third kappa shape index (κ3) is 14.2. The summed E-state index contributed by atoms with van der Waals surface area (Å²) in [6.45, 7) is 18.8. The van der Waals surface area contributed by atoms with Gasteiger partial charge in [0.05, 0.1) is 43.7 Å². The van der Waals surface area contributed by atoms with Gasteiger partial charge in [-0.05, 0) is 56.9 Å². The summed E-state index contributed by atoms with van der Waals surface area (Å²) in [5.41, 5.74) is 0.0996. The van der Waals surface area contributed by atoms with Crippen LogP contribution in [0.2, 0.25) is 0 Å². The van der Waals surface area contributed by atoms with Gasteiger partial charge in [0.2, 0.25) is 23.6 Å². The minimum absolute atomic E-state index is 0.0487. The molecular formula is C45H75N5O10. The number of ether oxygens (including phenoxy) is 4. The number of hydrogen-bond acceptors (Lipinski definition) is 10. The number of carbonyl (C=O) groups is 6.